The summed E-state index contributed by atoms with van der Waals surface area (Å²) < 4.78 is 28.2. The predicted octanol–water partition coefficient (Wildman–Crippen LogP) is 4.37. The van der Waals surface area contributed by atoms with Gasteiger partial charge in [-0.3, -0.25) is 0 Å². The third-order valence-corrected chi connectivity index (χ3v) is 8.89. The van der Waals surface area contributed by atoms with E-state index in [1.165, 1.54) is 33.8 Å². The Labute approximate surface area is 193 Å². The number of carboxylic acids is 1. The van der Waals surface area contributed by atoms with Gasteiger partial charge in [-0.05, 0) is 42.3 Å². The van der Waals surface area contributed by atoms with E-state index < -0.39 is 16.0 Å². The second-order valence-corrected chi connectivity index (χ2v) is 10.9. The highest BCUT2D eigenvalue weighted by Gasteiger charge is 2.31. The maximum atomic E-state index is 13.0. The lowest BCUT2D eigenvalue weighted by atomic mass is 10.1. The smallest absolute Gasteiger partial charge is 0.335 e. The van der Waals surface area contributed by atoms with Crippen molar-refractivity contribution in [2.24, 2.45) is 0 Å². The Morgan fingerprint density at radius 2 is 1.87 bits per heavy atom. The summed E-state index contributed by atoms with van der Waals surface area (Å²) in [5, 5.41) is 10.6. The number of piperazine rings is 1. The molecule has 0 spiro atoms. The first-order valence-corrected chi connectivity index (χ1v) is 12.6. The highest BCUT2D eigenvalue weighted by atomic mass is 35.5. The molecule has 0 amide bonds. The molecular formula is C20H19Cl2N3O4S2. The number of sulfonamides is 1. The number of thiazole rings is 1. The average Bonchev–Trinajstić information content (AvgIpc) is 3.17. The van der Waals surface area contributed by atoms with Gasteiger partial charge in [0, 0.05) is 31.2 Å². The number of rotatable bonds is 5. The van der Waals surface area contributed by atoms with Gasteiger partial charge in [0.1, 0.15) is 4.90 Å². The highest BCUT2D eigenvalue weighted by molar-refractivity contribution is 7.89. The maximum Gasteiger partial charge on any atom is 0.335 e. The third-order valence-electron chi connectivity index (χ3n) is 5.21. The average molecular weight is 500 g/mol. The van der Waals surface area contributed by atoms with Crippen LogP contribution in [-0.4, -0.2) is 55.0 Å². The van der Waals surface area contributed by atoms with Gasteiger partial charge in [-0.1, -0.05) is 41.5 Å². The van der Waals surface area contributed by atoms with Crippen molar-refractivity contribution in [1.29, 1.82) is 0 Å². The molecule has 7 nitrogen and oxygen atoms in total. The molecule has 31 heavy (non-hydrogen) atoms. The molecule has 1 aromatic heterocycles. The monoisotopic (exact) mass is 499 g/mol. The van der Waals surface area contributed by atoms with Gasteiger partial charge in [-0.15, -0.1) is 0 Å². The molecule has 0 saturated carbocycles. The SMILES string of the molecule is CCc1cc(C(=O)O)cc2sc(N3CCN(S(=O)(=O)c4ccc(Cl)cc4Cl)CC3)nc12. The topological polar surface area (TPSA) is 90.8 Å². The van der Waals surface area contributed by atoms with Crippen molar-refractivity contribution in [3.05, 3.63) is 51.5 Å². The Morgan fingerprint density at radius 3 is 2.48 bits per heavy atom. The number of nitrogens with zero attached hydrogens (tertiary/aromatic N) is 3. The van der Waals surface area contributed by atoms with Gasteiger partial charge < -0.3 is 10.0 Å². The van der Waals surface area contributed by atoms with Gasteiger partial charge in [0.15, 0.2) is 5.13 Å². The van der Waals surface area contributed by atoms with Crippen LogP contribution >= 0.6 is 34.5 Å². The van der Waals surface area contributed by atoms with Gasteiger partial charge in [-0.25, -0.2) is 18.2 Å². The Bertz CT molecular complexity index is 1270. The second kappa shape index (κ2) is 8.55. The lowest BCUT2D eigenvalue weighted by Crippen LogP contribution is -2.48. The molecule has 0 bridgehead atoms. The van der Waals surface area contributed by atoms with Crippen LogP contribution in [-0.2, 0) is 16.4 Å². The number of benzene rings is 2. The summed E-state index contributed by atoms with van der Waals surface area (Å²) in [6.45, 7) is 3.48. The van der Waals surface area contributed by atoms with E-state index in [0.29, 0.717) is 24.5 Å². The van der Waals surface area contributed by atoms with Crippen LogP contribution in [0.5, 0.6) is 0 Å². The van der Waals surface area contributed by atoms with E-state index in [4.69, 9.17) is 28.2 Å². The highest BCUT2D eigenvalue weighted by Crippen LogP contribution is 2.34. The summed E-state index contributed by atoms with van der Waals surface area (Å²) in [7, 11) is -3.73. The molecule has 3 aromatic rings. The van der Waals surface area contributed by atoms with Crippen molar-refractivity contribution < 1.29 is 18.3 Å². The van der Waals surface area contributed by atoms with Crippen molar-refractivity contribution in [2.75, 3.05) is 31.1 Å². The first kappa shape index (κ1) is 22.3. The summed E-state index contributed by atoms with van der Waals surface area (Å²) in [6, 6.07) is 7.65. The molecule has 1 fully saturated rings. The Kier molecular flexibility index (Phi) is 6.15. The normalized spacial score (nSPS) is 15.5. The first-order chi connectivity index (χ1) is 14.7. The fraction of sp³-hybridized carbons (Fsp3) is 0.300. The maximum absolute atomic E-state index is 13.0. The molecule has 164 valence electrons. The molecule has 0 atom stereocenters. The third kappa shape index (κ3) is 4.25. The summed E-state index contributed by atoms with van der Waals surface area (Å²) >= 11 is 13.4. The van der Waals surface area contributed by atoms with Crippen molar-refractivity contribution in [3.8, 4) is 0 Å². The standard InChI is InChI=1S/C20H19Cl2N3O4S2/c1-2-12-9-13(19(26)27)10-16-18(12)23-20(30-16)24-5-7-25(8-6-24)31(28,29)17-4-3-14(21)11-15(17)22/h3-4,9-11H,2,5-8H2,1H3,(H,26,27). The molecule has 0 radical (unpaired) electrons. The van der Waals surface area contributed by atoms with Gasteiger partial charge in [0.25, 0.3) is 0 Å². The number of anilines is 1. The summed E-state index contributed by atoms with van der Waals surface area (Å²) in [5.74, 6) is -0.966. The zero-order valence-corrected chi connectivity index (χ0v) is 19.7. The van der Waals surface area contributed by atoms with Gasteiger partial charge in [0.05, 0.1) is 20.8 Å². The number of hydrogen-bond acceptors (Lipinski definition) is 6. The van der Waals surface area contributed by atoms with Crippen molar-refractivity contribution in [3.63, 3.8) is 0 Å². The van der Waals surface area contributed by atoms with Crippen molar-refractivity contribution in [2.45, 2.75) is 18.2 Å². The van der Waals surface area contributed by atoms with E-state index in [-0.39, 0.29) is 28.6 Å². The number of fused-ring (bicyclic) bond motifs is 1. The van der Waals surface area contributed by atoms with E-state index in [0.717, 1.165) is 20.9 Å². The molecule has 1 aliphatic heterocycles. The number of halogens is 2. The van der Waals surface area contributed by atoms with Crippen LogP contribution in [0.2, 0.25) is 10.0 Å². The lowest BCUT2D eigenvalue weighted by Gasteiger charge is -2.33. The fourth-order valence-corrected chi connectivity index (χ4v) is 6.83. The molecule has 2 aromatic carbocycles. The summed E-state index contributed by atoms with van der Waals surface area (Å²) in [6.07, 6.45) is 0.675. The fourth-order valence-electron chi connectivity index (χ4n) is 3.56. The Hall–Kier alpha value is -1.91. The van der Waals surface area contributed by atoms with Crippen molar-refractivity contribution >= 4 is 65.9 Å². The van der Waals surface area contributed by atoms with Crippen LogP contribution in [0.15, 0.2) is 35.2 Å². The largest absolute Gasteiger partial charge is 0.478 e. The van der Waals surface area contributed by atoms with Crippen LogP contribution in [0.3, 0.4) is 0 Å². The van der Waals surface area contributed by atoms with E-state index in [1.807, 2.05) is 11.8 Å². The minimum Gasteiger partial charge on any atom is -0.478 e. The first-order valence-electron chi connectivity index (χ1n) is 9.57. The van der Waals surface area contributed by atoms with Gasteiger partial charge in [0.2, 0.25) is 10.0 Å². The second-order valence-electron chi connectivity index (χ2n) is 7.10. The molecule has 1 saturated heterocycles. The van der Waals surface area contributed by atoms with E-state index >= 15 is 0 Å². The van der Waals surface area contributed by atoms with Crippen LogP contribution in [0.1, 0.15) is 22.8 Å². The van der Waals surface area contributed by atoms with E-state index in [2.05, 4.69) is 0 Å². The zero-order chi connectivity index (χ0) is 22.3. The van der Waals surface area contributed by atoms with Crippen LogP contribution in [0, 0.1) is 0 Å². The Balaban J connectivity index is 1.56. The number of carboxylic acid groups (broad SMARTS) is 1. The molecule has 2 heterocycles. The minimum atomic E-state index is -3.73. The molecule has 0 unspecified atom stereocenters. The van der Waals surface area contributed by atoms with Crippen LogP contribution in [0.4, 0.5) is 5.13 Å². The molecule has 1 N–H and O–H groups in total. The van der Waals surface area contributed by atoms with E-state index in [1.54, 1.807) is 12.1 Å². The van der Waals surface area contributed by atoms with E-state index in [9.17, 15) is 18.3 Å². The molecule has 11 heteroatoms. The van der Waals surface area contributed by atoms with Crippen LogP contribution < -0.4 is 4.90 Å². The molecule has 0 aliphatic carbocycles. The lowest BCUT2D eigenvalue weighted by molar-refractivity contribution is 0.0697. The predicted molar refractivity (Wildman–Crippen MR) is 123 cm³/mol. The Morgan fingerprint density at radius 1 is 1.16 bits per heavy atom. The number of carbonyl (C=O) groups is 1. The number of aromatic carboxylic acids is 1. The van der Waals surface area contributed by atoms with Gasteiger partial charge >= 0.3 is 5.97 Å². The minimum absolute atomic E-state index is 0.0424. The molecular weight excluding hydrogens is 481 g/mol. The summed E-state index contributed by atoms with van der Waals surface area (Å²) in [5.41, 5.74) is 1.93. The summed E-state index contributed by atoms with van der Waals surface area (Å²) in [4.78, 5) is 18.2. The molecule has 1 aliphatic rings. The number of hydrogen-bond donors (Lipinski definition) is 1. The number of aromatic nitrogens is 1. The zero-order valence-electron chi connectivity index (χ0n) is 16.5. The van der Waals surface area contributed by atoms with Gasteiger partial charge in [-0.2, -0.15) is 4.31 Å². The quantitative estimate of drug-likeness (QED) is 0.560. The van der Waals surface area contributed by atoms with Crippen LogP contribution in [0.25, 0.3) is 10.2 Å². The number of aryl methyl sites for hydroxylation is 1. The molecule has 4 rings (SSSR count). The van der Waals surface area contributed by atoms with Crippen molar-refractivity contribution in [1.82, 2.24) is 9.29 Å².